The molecule has 2 aromatic rings. The van der Waals surface area contributed by atoms with Gasteiger partial charge in [0, 0.05) is 10.9 Å². The normalized spacial score (nSPS) is 17.8. The van der Waals surface area contributed by atoms with Crippen molar-refractivity contribution in [2.45, 2.75) is 32.2 Å². The molecular formula is C15H19N3OS. The van der Waals surface area contributed by atoms with Gasteiger partial charge in [-0.3, -0.25) is 0 Å². The third kappa shape index (κ3) is 2.55. The van der Waals surface area contributed by atoms with Gasteiger partial charge in [-0.05, 0) is 31.9 Å². The Kier molecular flexibility index (Phi) is 3.98. The molecule has 0 fully saturated rings. The number of pyridine rings is 1. The number of nitrogens with zero attached hydrogens (tertiary/aromatic N) is 2. The summed E-state index contributed by atoms with van der Waals surface area (Å²) in [6.07, 6.45) is 3.55. The fraction of sp³-hybridized carbons (Fsp3) is 0.467. The fourth-order valence-corrected chi connectivity index (χ4v) is 3.76. The molecule has 2 aromatic heterocycles. The number of methoxy groups -OCH3 is 1. The highest BCUT2D eigenvalue weighted by molar-refractivity contribution is 7.15. The van der Waals surface area contributed by atoms with Crippen LogP contribution in [0.25, 0.3) is 10.7 Å². The second-order valence-electron chi connectivity index (χ2n) is 4.90. The molecule has 1 atom stereocenters. The van der Waals surface area contributed by atoms with Crippen LogP contribution in [0, 0.1) is 0 Å². The lowest BCUT2D eigenvalue weighted by Gasteiger charge is -2.21. The molecule has 1 unspecified atom stereocenters. The van der Waals surface area contributed by atoms with Gasteiger partial charge in [-0.2, -0.15) is 0 Å². The Hall–Kier alpha value is -1.46. The van der Waals surface area contributed by atoms with Gasteiger partial charge in [-0.1, -0.05) is 13.0 Å². The van der Waals surface area contributed by atoms with E-state index < -0.39 is 0 Å². The number of aromatic nitrogens is 2. The Morgan fingerprint density at radius 1 is 1.40 bits per heavy atom. The summed E-state index contributed by atoms with van der Waals surface area (Å²) in [6, 6.07) is 6.22. The van der Waals surface area contributed by atoms with Gasteiger partial charge in [0.1, 0.15) is 10.7 Å². The number of hydrogen-bond donors (Lipinski definition) is 1. The largest absolute Gasteiger partial charge is 0.481 e. The fourth-order valence-electron chi connectivity index (χ4n) is 2.62. The second-order valence-corrected chi connectivity index (χ2v) is 5.98. The summed E-state index contributed by atoms with van der Waals surface area (Å²) in [5.74, 6) is 0.638. The maximum Gasteiger partial charge on any atom is 0.213 e. The lowest BCUT2D eigenvalue weighted by Crippen LogP contribution is -2.24. The third-order valence-corrected chi connectivity index (χ3v) is 4.71. The highest BCUT2D eigenvalue weighted by Crippen LogP contribution is 2.36. The number of hydrogen-bond acceptors (Lipinski definition) is 5. The molecule has 0 radical (unpaired) electrons. The SMILES string of the molecule is CCNC1CCCc2sc(-c3cccc(OC)n3)nc21. The Morgan fingerprint density at radius 3 is 3.10 bits per heavy atom. The summed E-state index contributed by atoms with van der Waals surface area (Å²) in [5, 5.41) is 4.53. The Labute approximate surface area is 123 Å². The zero-order valence-corrected chi connectivity index (χ0v) is 12.7. The molecule has 0 saturated carbocycles. The summed E-state index contributed by atoms with van der Waals surface area (Å²) in [4.78, 5) is 10.7. The van der Waals surface area contributed by atoms with Crippen molar-refractivity contribution in [1.82, 2.24) is 15.3 Å². The highest BCUT2D eigenvalue weighted by atomic mass is 32.1. The summed E-state index contributed by atoms with van der Waals surface area (Å²) < 4.78 is 5.19. The van der Waals surface area contributed by atoms with Crippen LogP contribution in [0.1, 0.15) is 36.4 Å². The molecule has 0 saturated heterocycles. The van der Waals surface area contributed by atoms with Crippen LogP contribution in [0.5, 0.6) is 5.88 Å². The van der Waals surface area contributed by atoms with E-state index in [2.05, 4.69) is 17.2 Å². The summed E-state index contributed by atoms with van der Waals surface area (Å²) in [6.45, 7) is 3.12. The molecule has 0 aromatic carbocycles. The van der Waals surface area contributed by atoms with E-state index in [1.54, 1.807) is 18.4 Å². The molecule has 1 aliphatic rings. The molecule has 0 spiro atoms. The first-order valence-electron chi connectivity index (χ1n) is 7.06. The quantitative estimate of drug-likeness (QED) is 0.939. The minimum Gasteiger partial charge on any atom is -0.481 e. The maximum absolute atomic E-state index is 5.19. The van der Waals surface area contributed by atoms with Crippen molar-refractivity contribution in [3.05, 3.63) is 28.8 Å². The second kappa shape index (κ2) is 5.89. The van der Waals surface area contributed by atoms with E-state index in [0.29, 0.717) is 11.9 Å². The van der Waals surface area contributed by atoms with Crippen LogP contribution >= 0.6 is 11.3 Å². The molecule has 1 N–H and O–H groups in total. The predicted molar refractivity (Wildman–Crippen MR) is 81.3 cm³/mol. The van der Waals surface area contributed by atoms with Gasteiger partial charge in [0.15, 0.2) is 0 Å². The lowest BCUT2D eigenvalue weighted by molar-refractivity contribution is 0.398. The zero-order valence-electron chi connectivity index (χ0n) is 11.8. The van der Waals surface area contributed by atoms with Crippen LogP contribution in [0.3, 0.4) is 0 Å². The van der Waals surface area contributed by atoms with Crippen LogP contribution in [-0.2, 0) is 6.42 Å². The van der Waals surface area contributed by atoms with E-state index in [4.69, 9.17) is 9.72 Å². The third-order valence-electron chi connectivity index (χ3n) is 3.56. The lowest BCUT2D eigenvalue weighted by atomic mass is 9.98. The molecule has 0 amide bonds. The first-order valence-corrected chi connectivity index (χ1v) is 7.88. The van der Waals surface area contributed by atoms with Crippen molar-refractivity contribution in [2.24, 2.45) is 0 Å². The van der Waals surface area contributed by atoms with E-state index >= 15 is 0 Å². The molecular weight excluding hydrogens is 270 g/mol. The van der Waals surface area contributed by atoms with Gasteiger partial charge < -0.3 is 10.1 Å². The van der Waals surface area contributed by atoms with Crippen molar-refractivity contribution < 1.29 is 4.74 Å². The van der Waals surface area contributed by atoms with E-state index in [-0.39, 0.29) is 0 Å². The van der Waals surface area contributed by atoms with Crippen molar-refractivity contribution >= 4 is 11.3 Å². The zero-order chi connectivity index (χ0) is 13.9. The molecule has 5 heteroatoms. The van der Waals surface area contributed by atoms with Gasteiger partial charge in [0.25, 0.3) is 0 Å². The van der Waals surface area contributed by atoms with Crippen LogP contribution in [0.4, 0.5) is 0 Å². The molecule has 0 bridgehead atoms. The van der Waals surface area contributed by atoms with Gasteiger partial charge in [-0.15, -0.1) is 11.3 Å². The topological polar surface area (TPSA) is 47.0 Å². The van der Waals surface area contributed by atoms with Crippen LogP contribution in [0.15, 0.2) is 18.2 Å². The number of fused-ring (bicyclic) bond motifs is 1. The molecule has 2 heterocycles. The van der Waals surface area contributed by atoms with E-state index in [0.717, 1.165) is 23.7 Å². The monoisotopic (exact) mass is 289 g/mol. The molecule has 106 valence electrons. The molecule has 3 rings (SSSR count). The van der Waals surface area contributed by atoms with Crippen molar-refractivity contribution in [3.8, 4) is 16.6 Å². The summed E-state index contributed by atoms with van der Waals surface area (Å²) in [7, 11) is 1.64. The minimum absolute atomic E-state index is 0.402. The van der Waals surface area contributed by atoms with Gasteiger partial charge in [-0.25, -0.2) is 9.97 Å². The first kappa shape index (κ1) is 13.5. The van der Waals surface area contributed by atoms with E-state index in [1.165, 1.54) is 23.4 Å². The van der Waals surface area contributed by atoms with Gasteiger partial charge >= 0.3 is 0 Å². The Bertz CT molecular complexity index is 597. The Balaban J connectivity index is 1.95. The number of thiazole rings is 1. The number of rotatable bonds is 4. The average Bonchev–Trinajstić information content (AvgIpc) is 2.93. The maximum atomic E-state index is 5.19. The van der Waals surface area contributed by atoms with Gasteiger partial charge in [0.2, 0.25) is 5.88 Å². The summed E-state index contributed by atoms with van der Waals surface area (Å²) in [5.41, 5.74) is 2.13. The molecule has 0 aliphatic heterocycles. The number of ether oxygens (including phenoxy) is 1. The van der Waals surface area contributed by atoms with E-state index in [1.807, 2.05) is 18.2 Å². The van der Waals surface area contributed by atoms with Crippen molar-refractivity contribution in [1.29, 1.82) is 0 Å². The average molecular weight is 289 g/mol. The van der Waals surface area contributed by atoms with Crippen molar-refractivity contribution in [3.63, 3.8) is 0 Å². The Morgan fingerprint density at radius 2 is 2.30 bits per heavy atom. The van der Waals surface area contributed by atoms with Crippen molar-refractivity contribution in [2.75, 3.05) is 13.7 Å². The number of nitrogens with one attached hydrogen (secondary N) is 1. The predicted octanol–water partition coefficient (Wildman–Crippen LogP) is 3.20. The smallest absolute Gasteiger partial charge is 0.213 e. The number of aryl methyl sites for hydroxylation is 1. The highest BCUT2D eigenvalue weighted by Gasteiger charge is 2.24. The van der Waals surface area contributed by atoms with Crippen LogP contribution < -0.4 is 10.1 Å². The first-order chi connectivity index (χ1) is 9.81. The standard InChI is InChI=1S/C15H19N3OS/c1-3-16-10-6-4-8-12-14(10)18-15(20-12)11-7-5-9-13(17-11)19-2/h5,7,9-10,16H,3-4,6,8H2,1-2H3. The van der Waals surface area contributed by atoms with Crippen LogP contribution in [0.2, 0.25) is 0 Å². The molecule has 20 heavy (non-hydrogen) atoms. The van der Waals surface area contributed by atoms with E-state index in [9.17, 15) is 0 Å². The van der Waals surface area contributed by atoms with Crippen LogP contribution in [-0.4, -0.2) is 23.6 Å². The minimum atomic E-state index is 0.402. The molecule has 1 aliphatic carbocycles. The molecule has 4 nitrogen and oxygen atoms in total. The van der Waals surface area contributed by atoms with Gasteiger partial charge in [0.05, 0.1) is 18.8 Å². The summed E-state index contributed by atoms with van der Waals surface area (Å²) >= 11 is 1.77.